The van der Waals surface area contributed by atoms with Crippen molar-refractivity contribution in [2.24, 2.45) is 17.6 Å². The van der Waals surface area contributed by atoms with Gasteiger partial charge in [0.15, 0.2) is 0 Å². The standard InChI is InChI=1S/C36H57N9O17/c1-16(2)8-19(30(55)38-13-25(47)41-21(11-28(51)52)32(57)43-22(36(61)62)12-29(53)54)42-33(58)23(15-46)44-31(56)20(9-17(3)4)40-26(48)14-39-34(59)24-6-5-7-45(24)35(60)18(37)10-27(49)50/h16-24,46H,5-15,37H2,1-4H3,(H,38,55)(H,39,59)(H,40,48)(H,41,47)(H,42,58)(H,43,57)(H,44,56)(H,49,50)(H,51,52)(H,53,54)(H,61,62)/t18-,19-,20-,21-,22-,23-,24-/m0/s1. The number of nitrogens with two attached hydrogens (primary N) is 1. The SMILES string of the molecule is CC(C)C[C@H](NC(=O)CNC(=O)[C@@H]1CCCN1C(=O)[C@@H](N)CC(=O)O)C(=O)N[C@@H](CO)C(=O)N[C@@H](CC(C)C)C(=O)NCC(=O)N[C@@H](CC(=O)O)C(=O)N[C@@H](CC(=O)O)C(=O)O. The molecule has 26 nitrogen and oxygen atoms in total. The molecule has 8 amide bonds. The van der Waals surface area contributed by atoms with Crippen molar-refractivity contribution in [2.75, 3.05) is 26.2 Å². The second-order valence-corrected chi connectivity index (χ2v) is 15.2. The van der Waals surface area contributed by atoms with Crippen LogP contribution in [-0.2, 0) is 57.5 Å². The minimum Gasteiger partial charge on any atom is -0.481 e. The fourth-order valence-electron chi connectivity index (χ4n) is 6.03. The third-order valence-electron chi connectivity index (χ3n) is 8.93. The quantitative estimate of drug-likeness (QED) is 0.0366. The molecule has 1 saturated heterocycles. The van der Waals surface area contributed by atoms with Crippen molar-refractivity contribution in [1.29, 1.82) is 0 Å². The van der Waals surface area contributed by atoms with Crippen LogP contribution in [0, 0.1) is 11.8 Å². The van der Waals surface area contributed by atoms with Crippen LogP contribution in [0.25, 0.3) is 0 Å². The predicted octanol–water partition coefficient (Wildman–Crippen LogP) is -5.45. The number of hydrogen-bond donors (Lipinski definition) is 13. The van der Waals surface area contributed by atoms with Crippen LogP contribution in [-0.4, -0.2) is 170 Å². The Morgan fingerprint density at radius 1 is 0.581 bits per heavy atom. The Kier molecular flexibility index (Phi) is 22.5. The molecule has 0 spiro atoms. The van der Waals surface area contributed by atoms with Gasteiger partial charge in [-0.3, -0.25) is 52.7 Å². The Hall–Kier alpha value is -6.44. The normalized spacial score (nSPS) is 16.3. The Labute approximate surface area is 354 Å². The number of aliphatic carboxylic acids is 4. The van der Waals surface area contributed by atoms with Gasteiger partial charge in [0.2, 0.25) is 47.3 Å². The number of aliphatic hydroxyl groups is 1. The van der Waals surface area contributed by atoms with Crippen LogP contribution in [0.15, 0.2) is 0 Å². The van der Waals surface area contributed by atoms with Gasteiger partial charge in [0, 0.05) is 6.54 Å². The number of carbonyl (C=O) groups excluding carboxylic acids is 8. The zero-order valence-electron chi connectivity index (χ0n) is 34.6. The topological polar surface area (TPSA) is 419 Å². The molecule has 1 aliphatic heterocycles. The Morgan fingerprint density at radius 3 is 1.52 bits per heavy atom. The fourth-order valence-corrected chi connectivity index (χ4v) is 6.03. The van der Waals surface area contributed by atoms with Gasteiger partial charge in [0.25, 0.3) is 0 Å². The molecule has 1 heterocycles. The number of nitrogens with zero attached hydrogens (tertiary/aromatic N) is 1. The molecule has 1 fully saturated rings. The minimum atomic E-state index is -1.96. The number of nitrogens with one attached hydrogen (secondary N) is 7. The Morgan fingerprint density at radius 2 is 1.02 bits per heavy atom. The number of hydrogen-bond acceptors (Lipinski definition) is 14. The molecule has 0 saturated carbocycles. The summed E-state index contributed by atoms with van der Waals surface area (Å²) in [5.41, 5.74) is 5.68. The van der Waals surface area contributed by atoms with Crippen LogP contribution in [0.4, 0.5) is 0 Å². The molecule has 26 heteroatoms. The van der Waals surface area contributed by atoms with Crippen molar-refractivity contribution in [2.45, 2.75) is 115 Å². The molecule has 14 N–H and O–H groups in total. The molecule has 0 aliphatic carbocycles. The van der Waals surface area contributed by atoms with Crippen LogP contribution in [0.1, 0.15) is 72.6 Å². The van der Waals surface area contributed by atoms with Crippen molar-refractivity contribution in [1.82, 2.24) is 42.1 Å². The fraction of sp³-hybridized carbons (Fsp3) is 0.667. The number of amides is 8. The molecular weight excluding hydrogens is 830 g/mol. The lowest BCUT2D eigenvalue weighted by Gasteiger charge is -2.27. The zero-order chi connectivity index (χ0) is 47.4. The maximum atomic E-state index is 13.4. The Balaban J connectivity index is 2.95. The molecule has 0 aromatic carbocycles. The van der Waals surface area contributed by atoms with Gasteiger partial charge in [-0.25, -0.2) is 4.79 Å². The first kappa shape index (κ1) is 53.6. The molecule has 0 bridgehead atoms. The van der Waals surface area contributed by atoms with Gasteiger partial charge in [-0.1, -0.05) is 27.7 Å². The molecule has 7 atom stereocenters. The van der Waals surface area contributed by atoms with Crippen molar-refractivity contribution >= 4 is 71.1 Å². The average molecular weight is 888 g/mol. The molecule has 348 valence electrons. The van der Waals surface area contributed by atoms with Gasteiger partial charge < -0.3 is 73.4 Å². The van der Waals surface area contributed by atoms with E-state index in [9.17, 15) is 72.9 Å². The minimum absolute atomic E-state index is 0.0234. The lowest BCUT2D eigenvalue weighted by atomic mass is 10.0. The van der Waals surface area contributed by atoms with E-state index in [1.807, 2.05) is 10.6 Å². The van der Waals surface area contributed by atoms with E-state index in [-0.39, 0.29) is 37.6 Å². The summed E-state index contributed by atoms with van der Waals surface area (Å²) in [6.07, 6.45) is -2.14. The van der Waals surface area contributed by atoms with Gasteiger partial charge in [-0.2, -0.15) is 0 Å². The number of likely N-dealkylation sites (tertiary alicyclic amines) is 1. The molecule has 1 aliphatic rings. The van der Waals surface area contributed by atoms with Crippen LogP contribution in [0.5, 0.6) is 0 Å². The highest BCUT2D eigenvalue weighted by atomic mass is 16.4. The number of carboxylic acid groups (broad SMARTS) is 4. The van der Waals surface area contributed by atoms with Gasteiger partial charge in [-0.05, 0) is 37.5 Å². The van der Waals surface area contributed by atoms with Crippen molar-refractivity contribution < 1.29 is 83.1 Å². The highest BCUT2D eigenvalue weighted by Crippen LogP contribution is 2.19. The van der Waals surface area contributed by atoms with E-state index in [4.69, 9.17) is 15.9 Å². The maximum Gasteiger partial charge on any atom is 0.326 e. The summed E-state index contributed by atoms with van der Waals surface area (Å²) >= 11 is 0. The van der Waals surface area contributed by atoms with Crippen LogP contribution in [0.2, 0.25) is 0 Å². The summed E-state index contributed by atoms with van der Waals surface area (Å²) < 4.78 is 0. The first-order valence-electron chi connectivity index (χ1n) is 19.5. The molecule has 0 radical (unpaired) electrons. The monoisotopic (exact) mass is 887 g/mol. The number of aliphatic hydroxyl groups excluding tert-OH is 1. The van der Waals surface area contributed by atoms with Gasteiger partial charge in [0.05, 0.1) is 45.0 Å². The van der Waals surface area contributed by atoms with E-state index in [2.05, 4.69) is 26.6 Å². The summed E-state index contributed by atoms with van der Waals surface area (Å²) in [6, 6.07) is -10.6. The van der Waals surface area contributed by atoms with E-state index in [1.54, 1.807) is 27.7 Å². The molecular formula is C36H57N9O17. The second kappa shape index (κ2) is 26.0. The number of carbonyl (C=O) groups is 12. The van der Waals surface area contributed by atoms with Gasteiger partial charge in [-0.15, -0.1) is 0 Å². The molecule has 62 heavy (non-hydrogen) atoms. The van der Waals surface area contributed by atoms with E-state index < -0.39 is 152 Å². The predicted molar refractivity (Wildman–Crippen MR) is 209 cm³/mol. The molecule has 0 aromatic rings. The first-order valence-corrected chi connectivity index (χ1v) is 19.5. The van der Waals surface area contributed by atoms with E-state index >= 15 is 0 Å². The molecule has 0 unspecified atom stereocenters. The third kappa shape index (κ3) is 19.3. The third-order valence-corrected chi connectivity index (χ3v) is 8.93. The highest BCUT2D eigenvalue weighted by molar-refractivity contribution is 5.98. The van der Waals surface area contributed by atoms with E-state index in [0.717, 1.165) is 4.90 Å². The maximum absolute atomic E-state index is 13.4. The number of rotatable bonds is 27. The summed E-state index contributed by atoms with van der Waals surface area (Å²) in [5.74, 6) is -14.4. The summed E-state index contributed by atoms with van der Waals surface area (Å²) in [6.45, 7) is 4.43. The summed E-state index contributed by atoms with van der Waals surface area (Å²) in [7, 11) is 0. The van der Waals surface area contributed by atoms with Crippen molar-refractivity contribution in [3.63, 3.8) is 0 Å². The van der Waals surface area contributed by atoms with E-state index in [1.165, 1.54) is 0 Å². The Bertz CT molecular complexity index is 1690. The van der Waals surface area contributed by atoms with Gasteiger partial charge >= 0.3 is 23.9 Å². The first-order chi connectivity index (χ1) is 28.9. The lowest BCUT2D eigenvalue weighted by molar-refractivity contribution is -0.148. The molecule has 1 rings (SSSR count). The average Bonchev–Trinajstić information content (AvgIpc) is 3.65. The van der Waals surface area contributed by atoms with E-state index in [0.29, 0.717) is 6.42 Å². The lowest BCUT2D eigenvalue weighted by Crippen LogP contribution is -2.59. The largest absolute Gasteiger partial charge is 0.481 e. The van der Waals surface area contributed by atoms with Gasteiger partial charge in [0.1, 0.15) is 36.3 Å². The van der Waals surface area contributed by atoms with Crippen LogP contribution in [0.3, 0.4) is 0 Å². The summed E-state index contributed by atoms with van der Waals surface area (Å²) in [4.78, 5) is 149. The van der Waals surface area contributed by atoms with Crippen molar-refractivity contribution in [3.8, 4) is 0 Å². The highest BCUT2D eigenvalue weighted by Gasteiger charge is 2.37. The summed E-state index contributed by atoms with van der Waals surface area (Å²) in [5, 5.41) is 61.8. The van der Waals surface area contributed by atoms with Crippen molar-refractivity contribution in [3.05, 3.63) is 0 Å². The van der Waals surface area contributed by atoms with Crippen LogP contribution >= 0.6 is 0 Å². The number of carboxylic acids is 4. The molecule has 0 aromatic heterocycles. The smallest absolute Gasteiger partial charge is 0.326 e. The van der Waals surface area contributed by atoms with Crippen LogP contribution < -0.4 is 43.0 Å². The zero-order valence-corrected chi connectivity index (χ0v) is 34.6. The second-order valence-electron chi connectivity index (χ2n) is 15.2.